The van der Waals surface area contributed by atoms with Gasteiger partial charge in [0, 0.05) is 33.5 Å². The summed E-state index contributed by atoms with van der Waals surface area (Å²) in [6.45, 7) is 2.08. The molecule has 0 saturated carbocycles. The molecule has 0 amide bonds. The summed E-state index contributed by atoms with van der Waals surface area (Å²) in [5, 5.41) is 4.47. The Balaban J connectivity index is 0.00000242. The van der Waals surface area contributed by atoms with E-state index >= 15 is 0 Å². The zero-order valence-electron chi connectivity index (χ0n) is 20.5. The molecule has 0 aliphatic carbocycles. The zero-order chi connectivity index (χ0) is 24.5. The van der Waals surface area contributed by atoms with E-state index in [1.54, 1.807) is 6.20 Å². The second-order valence-corrected chi connectivity index (χ2v) is 9.60. The molecular formula is C31H21BN5Pt-3. The van der Waals surface area contributed by atoms with Crippen LogP contribution in [0.25, 0.3) is 27.9 Å². The van der Waals surface area contributed by atoms with Crippen LogP contribution in [-0.4, -0.2) is 28.6 Å². The Hall–Kier alpha value is -4.02. The second kappa shape index (κ2) is 8.78. The van der Waals surface area contributed by atoms with Gasteiger partial charge in [-0.3, -0.25) is 4.68 Å². The van der Waals surface area contributed by atoms with Crippen molar-refractivity contribution in [1.82, 2.24) is 14.7 Å². The van der Waals surface area contributed by atoms with Crippen molar-refractivity contribution in [2.24, 2.45) is 0 Å². The molecule has 5 aromatic rings. The molecule has 186 valence electrons. The fraction of sp³-hybridized carbons (Fsp3) is 0.0323. The van der Waals surface area contributed by atoms with Gasteiger partial charge >= 0.3 is 6.85 Å². The topological polar surface area (TPSA) is 27.5 Å². The van der Waals surface area contributed by atoms with Gasteiger partial charge in [-0.2, -0.15) is 23.9 Å². The summed E-state index contributed by atoms with van der Waals surface area (Å²) >= 11 is 0. The number of nitrogens with zero attached hydrogens (tertiary/aromatic N) is 5. The molecule has 0 unspecified atom stereocenters. The number of rotatable bonds is 2. The normalized spacial score (nSPS) is 14.3. The first-order valence-corrected chi connectivity index (χ1v) is 12.4. The molecule has 0 radical (unpaired) electrons. The molecular weight excluding hydrogens is 648 g/mol. The van der Waals surface area contributed by atoms with Crippen LogP contribution in [0.2, 0.25) is 0 Å². The summed E-state index contributed by atoms with van der Waals surface area (Å²) < 4.78 is 1.87. The number of hydrogen-bond donors (Lipinski definition) is 0. The van der Waals surface area contributed by atoms with E-state index in [0.29, 0.717) is 0 Å². The average Bonchev–Trinajstić information content (AvgIpc) is 3.65. The molecule has 0 bridgehead atoms. The van der Waals surface area contributed by atoms with E-state index in [1.807, 2.05) is 35.1 Å². The van der Waals surface area contributed by atoms with E-state index in [9.17, 15) is 0 Å². The molecule has 0 atom stereocenters. The first-order valence-electron chi connectivity index (χ1n) is 12.4. The largest absolute Gasteiger partial charge is 0.510 e. The number of anilines is 3. The van der Waals surface area contributed by atoms with Crippen molar-refractivity contribution in [2.75, 3.05) is 16.8 Å². The molecule has 38 heavy (non-hydrogen) atoms. The third-order valence-corrected chi connectivity index (χ3v) is 7.45. The quantitative estimate of drug-likeness (QED) is 0.201. The minimum absolute atomic E-state index is 0. The first kappa shape index (κ1) is 23.1. The van der Waals surface area contributed by atoms with E-state index in [-0.39, 0.29) is 27.9 Å². The van der Waals surface area contributed by atoms with Gasteiger partial charge in [-0.1, -0.05) is 82.0 Å². The van der Waals surface area contributed by atoms with E-state index in [1.165, 1.54) is 33.2 Å². The van der Waals surface area contributed by atoms with E-state index in [0.717, 1.165) is 22.7 Å². The van der Waals surface area contributed by atoms with Crippen molar-refractivity contribution in [1.29, 1.82) is 0 Å². The predicted octanol–water partition coefficient (Wildman–Crippen LogP) is 4.72. The van der Waals surface area contributed by atoms with Crippen molar-refractivity contribution in [2.45, 2.75) is 0 Å². The fourth-order valence-electron chi connectivity index (χ4n) is 5.82. The van der Waals surface area contributed by atoms with Gasteiger partial charge in [-0.25, -0.2) is 0 Å². The molecule has 0 saturated heterocycles. The number of aromatic nitrogens is 2. The summed E-state index contributed by atoms with van der Waals surface area (Å²) in [7, 11) is 2.03. The Morgan fingerprint density at radius 2 is 1.34 bits per heavy atom. The predicted molar refractivity (Wildman–Crippen MR) is 149 cm³/mol. The molecule has 4 heterocycles. The molecule has 0 fully saturated rings. The summed E-state index contributed by atoms with van der Waals surface area (Å²) in [6.07, 6.45) is 7.87. The number of hydrogen-bond acceptors (Lipinski definition) is 4. The van der Waals surface area contributed by atoms with Crippen LogP contribution in [0.5, 0.6) is 0 Å². The van der Waals surface area contributed by atoms with Crippen LogP contribution in [0.3, 0.4) is 0 Å². The van der Waals surface area contributed by atoms with Gasteiger partial charge in [-0.05, 0) is 31.2 Å². The van der Waals surface area contributed by atoms with Crippen molar-refractivity contribution in [3.05, 3.63) is 122 Å². The van der Waals surface area contributed by atoms with Crippen molar-refractivity contribution >= 4 is 34.8 Å². The average molecular weight is 669 g/mol. The summed E-state index contributed by atoms with van der Waals surface area (Å²) in [4.78, 5) is 6.58. The molecule has 8 rings (SSSR count). The van der Waals surface area contributed by atoms with E-state index in [4.69, 9.17) is 0 Å². The van der Waals surface area contributed by atoms with Gasteiger partial charge in [-0.15, -0.1) is 41.1 Å². The van der Waals surface area contributed by atoms with Crippen LogP contribution in [0.15, 0.2) is 104 Å². The molecule has 3 aliphatic heterocycles. The van der Waals surface area contributed by atoms with Gasteiger partial charge in [0.05, 0.1) is 0 Å². The van der Waals surface area contributed by atoms with Gasteiger partial charge < -0.3 is 14.6 Å². The van der Waals surface area contributed by atoms with Gasteiger partial charge in [0.25, 0.3) is 0 Å². The first-order chi connectivity index (χ1) is 18.3. The standard InChI is InChI=1S/C31H21BN5.Pt/c1-34-17-18-35(21-34)22-11-13-26-24-7-2-4-9-28(24)32-29-10-5-3-8-25(29)27-14-12-23(36-16-6-15-33-36)20-31(27)37(32)30(26)19-22;/h2-18,21H,1H3;/q-3;. The Labute approximate surface area is 237 Å². The molecule has 5 nitrogen and oxygen atoms in total. The fourth-order valence-corrected chi connectivity index (χ4v) is 5.82. The minimum Gasteiger partial charge on any atom is -0.510 e. The van der Waals surface area contributed by atoms with Gasteiger partial charge in [0.15, 0.2) is 0 Å². The zero-order valence-corrected chi connectivity index (χ0v) is 22.8. The van der Waals surface area contributed by atoms with Crippen LogP contribution in [0, 0.1) is 18.8 Å². The molecule has 7 heteroatoms. The number of fused-ring (bicyclic) bond motifs is 11. The number of benzene rings is 4. The van der Waals surface area contributed by atoms with Crippen molar-refractivity contribution < 1.29 is 21.1 Å². The molecule has 0 spiro atoms. The van der Waals surface area contributed by atoms with Crippen molar-refractivity contribution in [3.8, 4) is 27.9 Å². The Bertz CT molecular complexity index is 1710. The summed E-state index contributed by atoms with van der Waals surface area (Å²) in [5.74, 6) is 0. The van der Waals surface area contributed by atoms with E-state index < -0.39 is 0 Å². The third kappa shape index (κ3) is 3.33. The Morgan fingerprint density at radius 3 is 1.95 bits per heavy atom. The molecule has 3 aliphatic rings. The Kier molecular flexibility index (Phi) is 5.34. The SMILES string of the molecule is CN1C=CN(c2[c-]c3c(cc2)-c2ccccc2B2c4ccccc4-c4ccc(-n5cccn5)[c-]c4N23)[CH-]1.[Pt]. The van der Waals surface area contributed by atoms with Crippen LogP contribution in [0.4, 0.5) is 17.1 Å². The molecule has 0 N–H and O–H groups in total. The Morgan fingerprint density at radius 1 is 0.711 bits per heavy atom. The third-order valence-electron chi connectivity index (χ3n) is 7.45. The van der Waals surface area contributed by atoms with Gasteiger partial charge in [0.2, 0.25) is 0 Å². The summed E-state index contributed by atoms with van der Waals surface area (Å²) in [5.41, 5.74) is 11.4. The minimum atomic E-state index is 0. The van der Waals surface area contributed by atoms with Crippen LogP contribution in [0.1, 0.15) is 0 Å². The maximum absolute atomic E-state index is 4.47. The van der Waals surface area contributed by atoms with Crippen LogP contribution in [-0.2, 0) is 21.1 Å². The van der Waals surface area contributed by atoms with Crippen molar-refractivity contribution in [3.63, 3.8) is 0 Å². The smallest absolute Gasteiger partial charge is 0.324 e. The second-order valence-electron chi connectivity index (χ2n) is 9.60. The molecule has 1 aromatic heterocycles. The molecule has 4 aromatic carbocycles. The van der Waals surface area contributed by atoms with E-state index in [2.05, 4.69) is 113 Å². The monoisotopic (exact) mass is 669 g/mol. The maximum atomic E-state index is 4.47. The summed E-state index contributed by atoms with van der Waals surface area (Å²) in [6, 6.07) is 35.7. The van der Waals surface area contributed by atoms with Crippen LogP contribution >= 0.6 is 0 Å². The van der Waals surface area contributed by atoms with Gasteiger partial charge in [0.1, 0.15) is 0 Å². The van der Waals surface area contributed by atoms with Crippen LogP contribution < -0.4 is 20.6 Å². The maximum Gasteiger partial charge on any atom is 0.324 e.